The van der Waals surface area contributed by atoms with Crippen molar-refractivity contribution in [2.75, 3.05) is 25.5 Å². The van der Waals surface area contributed by atoms with E-state index in [4.69, 9.17) is 4.74 Å². The van der Waals surface area contributed by atoms with E-state index in [1.54, 1.807) is 33.4 Å². The Bertz CT molecular complexity index is 813. The summed E-state index contributed by atoms with van der Waals surface area (Å²) in [6.07, 6.45) is 1.20. The van der Waals surface area contributed by atoms with Gasteiger partial charge in [-0.25, -0.2) is 0 Å². The predicted octanol–water partition coefficient (Wildman–Crippen LogP) is 1.24. The van der Waals surface area contributed by atoms with Gasteiger partial charge in [-0.3, -0.25) is 9.59 Å². The van der Waals surface area contributed by atoms with Gasteiger partial charge in [-0.1, -0.05) is 12.1 Å². The Morgan fingerprint density at radius 1 is 1.29 bits per heavy atom. The monoisotopic (exact) mass is 327 g/mol. The van der Waals surface area contributed by atoms with Gasteiger partial charge in [0.15, 0.2) is 6.10 Å². The van der Waals surface area contributed by atoms with Crippen LogP contribution >= 0.6 is 0 Å². The van der Waals surface area contributed by atoms with Crippen LogP contribution in [0, 0.1) is 0 Å². The number of para-hydroxylation sites is 2. The van der Waals surface area contributed by atoms with Gasteiger partial charge in [-0.05, 0) is 23.8 Å². The molecule has 1 aliphatic heterocycles. The Balaban J connectivity index is 1.91. The minimum Gasteiger partial charge on any atom is -0.477 e. The summed E-state index contributed by atoms with van der Waals surface area (Å²) in [5.41, 5.74) is 1.79. The van der Waals surface area contributed by atoms with Gasteiger partial charge >= 0.3 is 0 Å². The van der Waals surface area contributed by atoms with E-state index in [2.05, 4.69) is 4.90 Å². The van der Waals surface area contributed by atoms with E-state index in [9.17, 15) is 9.59 Å². The van der Waals surface area contributed by atoms with Crippen LogP contribution in [0.5, 0.6) is 5.75 Å². The van der Waals surface area contributed by atoms with Crippen molar-refractivity contribution < 1.29 is 9.53 Å². The third-order valence-corrected chi connectivity index (χ3v) is 4.12. The molecule has 6 heteroatoms. The number of hydrogen-bond donors (Lipinski definition) is 0. The second-order valence-corrected chi connectivity index (χ2v) is 6.17. The molecule has 2 heterocycles. The number of likely N-dealkylation sites (N-methyl/N-ethyl adjacent to an activating group) is 1. The van der Waals surface area contributed by atoms with E-state index >= 15 is 0 Å². The highest BCUT2D eigenvalue weighted by atomic mass is 16.5. The van der Waals surface area contributed by atoms with Crippen LogP contribution in [-0.2, 0) is 18.4 Å². The molecule has 0 saturated heterocycles. The lowest BCUT2D eigenvalue weighted by molar-refractivity contribution is -0.136. The first-order valence-electron chi connectivity index (χ1n) is 7.83. The molecular weight excluding hydrogens is 306 g/mol. The maximum atomic E-state index is 12.3. The van der Waals surface area contributed by atoms with Crippen molar-refractivity contribution in [2.24, 2.45) is 7.05 Å². The number of carbonyl (C=O) groups is 1. The summed E-state index contributed by atoms with van der Waals surface area (Å²) in [5, 5.41) is 0. The second-order valence-electron chi connectivity index (χ2n) is 6.17. The molecule has 6 nitrogen and oxygen atoms in total. The fourth-order valence-electron chi connectivity index (χ4n) is 2.78. The average Bonchev–Trinajstić information content (AvgIpc) is 2.57. The number of pyridine rings is 1. The number of rotatable bonds is 3. The van der Waals surface area contributed by atoms with E-state index in [1.807, 2.05) is 30.3 Å². The lowest BCUT2D eigenvalue weighted by Gasteiger charge is -2.36. The molecule has 1 aromatic heterocycles. The molecule has 0 fully saturated rings. The fraction of sp³-hybridized carbons (Fsp3) is 0.333. The largest absolute Gasteiger partial charge is 0.477 e. The molecule has 126 valence electrons. The highest BCUT2D eigenvalue weighted by Crippen LogP contribution is 2.34. The summed E-state index contributed by atoms with van der Waals surface area (Å²) in [6.45, 7) is 0.997. The van der Waals surface area contributed by atoms with E-state index in [1.165, 1.54) is 9.47 Å². The Hall–Kier alpha value is -2.76. The number of nitrogens with zero attached hydrogens (tertiary/aromatic N) is 3. The van der Waals surface area contributed by atoms with Crippen molar-refractivity contribution in [3.05, 3.63) is 58.5 Å². The summed E-state index contributed by atoms with van der Waals surface area (Å²) in [6, 6.07) is 11.2. The fourth-order valence-corrected chi connectivity index (χ4v) is 2.78. The Kier molecular flexibility index (Phi) is 4.29. The van der Waals surface area contributed by atoms with E-state index in [-0.39, 0.29) is 11.5 Å². The van der Waals surface area contributed by atoms with Crippen LogP contribution in [0.4, 0.5) is 5.69 Å². The molecule has 2 aromatic rings. The van der Waals surface area contributed by atoms with Crippen molar-refractivity contribution in [1.82, 2.24) is 9.47 Å². The number of aromatic nitrogens is 1. The normalized spacial score (nSPS) is 16.3. The average molecular weight is 327 g/mol. The first-order valence-corrected chi connectivity index (χ1v) is 7.83. The van der Waals surface area contributed by atoms with Crippen LogP contribution in [-0.4, -0.2) is 42.1 Å². The van der Waals surface area contributed by atoms with Crippen LogP contribution in [0.2, 0.25) is 0 Å². The number of carbonyl (C=O) groups excluding carboxylic acids is 1. The van der Waals surface area contributed by atoms with Crippen LogP contribution in [0.1, 0.15) is 5.56 Å². The van der Waals surface area contributed by atoms with Gasteiger partial charge in [-0.15, -0.1) is 0 Å². The number of ether oxygens (including phenoxy) is 1. The van der Waals surface area contributed by atoms with Gasteiger partial charge in [0, 0.05) is 40.0 Å². The van der Waals surface area contributed by atoms with Gasteiger partial charge in [0.25, 0.3) is 11.5 Å². The van der Waals surface area contributed by atoms with Gasteiger partial charge in [-0.2, -0.15) is 0 Å². The molecule has 1 aliphatic rings. The third-order valence-electron chi connectivity index (χ3n) is 4.12. The summed E-state index contributed by atoms with van der Waals surface area (Å²) in [4.78, 5) is 27.8. The standard InChI is InChI=1S/C18H21N3O3/c1-19(2)18(23)16-12-21(14-6-4-5-7-15(14)24-16)11-13-8-9-20(3)17(22)10-13/h4-10,16H,11-12H2,1-3H3/t16-/m0/s1. The lowest BCUT2D eigenvalue weighted by atomic mass is 10.1. The topological polar surface area (TPSA) is 54.8 Å². The van der Waals surface area contributed by atoms with E-state index < -0.39 is 6.10 Å². The molecule has 3 rings (SSSR count). The van der Waals surface area contributed by atoms with Crippen LogP contribution in [0.25, 0.3) is 0 Å². The van der Waals surface area contributed by atoms with Gasteiger partial charge in [0.1, 0.15) is 5.75 Å². The van der Waals surface area contributed by atoms with Crippen LogP contribution in [0.3, 0.4) is 0 Å². The molecule has 0 radical (unpaired) electrons. The molecule has 24 heavy (non-hydrogen) atoms. The highest BCUT2D eigenvalue weighted by molar-refractivity contribution is 5.83. The highest BCUT2D eigenvalue weighted by Gasteiger charge is 2.31. The van der Waals surface area contributed by atoms with E-state index in [0.29, 0.717) is 18.8 Å². The molecule has 0 bridgehead atoms. The molecule has 0 saturated carbocycles. The van der Waals surface area contributed by atoms with Crippen molar-refractivity contribution in [2.45, 2.75) is 12.6 Å². The Labute approximate surface area is 140 Å². The number of anilines is 1. The summed E-state index contributed by atoms with van der Waals surface area (Å²) in [5.74, 6) is 0.617. The van der Waals surface area contributed by atoms with Crippen molar-refractivity contribution in [1.29, 1.82) is 0 Å². The smallest absolute Gasteiger partial charge is 0.265 e. The zero-order valence-electron chi connectivity index (χ0n) is 14.1. The zero-order valence-corrected chi connectivity index (χ0v) is 14.1. The van der Waals surface area contributed by atoms with Gasteiger partial charge in [0.05, 0.1) is 12.2 Å². The SMILES string of the molecule is CN(C)C(=O)[C@@H]1CN(Cc2ccn(C)c(=O)c2)c2ccccc2O1. The minimum atomic E-state index is -0.554. The third kappa shape index (κ3) is 3.13. The predicted molar refractivity (Wildman–Crippen MR) is 92.3 cm³/mol. The number of aryl methyl sites for hydroxylation is 1. The quantitative estimate of drug-likeness (QED) is 0.851. The van der Waals surface area contributed by atoms with Crippen molar-refractivity contribution in [3.63, 3.8) is 0 Å². The Morgan fingerprint density at radius 2 is 2.04 bits per heavy atom. The lowest BCUT2D eigenvalue weighted by Crippen LogP contribution is -2.48. The molecule has 1 amide bonds. The number of fused-ring (bicyclic) bond motifs is 1. The molecule has 1 atom stereocenters. The van der Waals surface area contributed by atoms with Crippen molar-refractivity contribution in [3.8, 4) is 5.75 Å². The zero-order chi connectivity index (χ0) is 17.3. The summed E-state index contributed by atoms with van der Waals surface area (Å²) in [7, 11) is 5.16. The molecule has 0 unspecified atom stereocenters. The van der Waals surface area contributed by atoms with E-state index in [0.717, 1.165) is 11.3 Å². The summed E-state index contributed by atoms with van der Waals surface area (Å²) >= 11 is 0. The summed E-state index contributed by atoms with van der Waals surface area (Å²) < 4.78 is 7.40. The second kappa shape index (κ2) is 6.39. The molecule has 0 N–H and O–H groups in total. The van der Waals surface area contributed by atoms with Gasteiger partial charge in [0.2, 0.25) is 0 Å². The number of benzene rings is 1. The first kappa shape index (κ1) is 16.1. The number of hydrogen-bond acceptors (Lipinski definition) is 4. The van der Waals surface area contributed by atoms with Crippen LogP contribution in [0.15, 0.2) is 47.4 Å². The minimum absolute atomic E-state index is 0.0463. The molecule has 0 spiro atoms. The molecular formula is C18H21N3O3. The Morgan fingerprint density at radius 3 is 2.75 bits per heavy atom. The maximum absolute atomic E-state index is 12.3. The first-order chi connectivity index (χ1) is 11.5. The van der Waals surface area contributed by atoms with Crippen LogP contribution < -0.4 is 15.2 Å². The molecule has 0 aliphatic carbocycles. The molecule has 1 aromatic carbocycles. The van der Waals surface area contributed by atoms with Crippen molar-refractivity contribution >= 4 is 11.6 Å². The number of amides is 1. The van der Waals surface area contributed by atoms with Gasteiger partial charge < -0.3 is 19.1 Å². The maximum Gasteiger partial charge on any atom is 0.265 e.